The number of aromatic nitrogens is 2. The van der Waals surface area contributed by atoms with Gasteiger partial charge in [0, 0.05) is 18.9 Å². The number of benzene rings is 1. The Bertz CT molecular complexity index is 446. The van der Waals surface area contributed by atoms with Crippen molar-refractivity contribution in [2.24, 2.45) is 0 Å². The molecule has 1 aromatic carbocycles. The zero-order valence-electron chi connectivity index (χ0n) is 9.75. The molecule has 1 aromatic heterocycles. The Hall–Kier alpha value is -1.61. The first-order chi connectivity index (χ1) is 7.75. The molecule has 16 heavy (non-hydrogen) atoms. The van der Waals surface area contributed by atoms with Gasteiger partial charge in [0.2, 0.25) is 0 Å². The third-order valence-corrected chi connectivity index (χ3v) is 2.66. The van der Waals surface area contributed by atoms with Gasteiger partial charge in [-0.1, -0.05) is 23.8 Å². The van der Waals surface area contributed by atoms with Gasteiger partial charge in [0.15, 0.2) is 0 Å². The van der Waals surface area contributed by atoms with Crippen LogP contribution < -0.4 is 5.32 Å². The second kappa shape index (κ2) is 4.94. The predicted molar refractivity (Wildman–Crippen MR) is 65.0 cm³/mol. The molecule has 3 heteroatoms. The largest absolute Gasteiger partial charge is 0.348 e. The summed E-state index contributed by atoms with van der Waals surface area (Å²) in [6, 6.07) is 6.54. The molecule has 0 saturated carbocycles. The van der Waals surface area contributed by atoms with Gasteiger partial charge in [-0.3, -0.25) is 0 Å². The molecule has 0 bridgehead atoms. The number of aromatic amines is 1. The Kier molecular flexibility index (Phi) is 3.37. The first kappa shape index (κ1) is 10.9. The predicted octanol–water partition coefficient (Wildman–Crippen LogP) is 2.32. The van der Waals surface area contributed by atoms with Crippen LogP contribution in [-0.4, -0.2) is 9.97 Å². The van der Waals surface area contributed by atoms with E-state index in [2.05, 4.69) is 47.3 Å². The minimum absolute atomic E-state index is 0.778. The van der Waals surface area contributed by atoms with E-state index in [9.17, 15) is 0 Å². The standard InChI is InChI=1S/C13H17N3/c1-10-3-4-12(11(2)7-10)8-14-9-13-15-5-6-16-13/h3-7,14H,8-9H2,1-2H3,(H,15,16). The van der Waals surface area contributed by atoms with E-state index in [1.165, 1.54) is 16.7 Å². The Morgan fingerprint density at radius 1 is 1.25 bits per heavy atom. The van der Waals surface area contributed by atoms with Crippen molar-refractivity contribution in [2.75, 3.05) is 0 Å². The van der Waals surface area contributed by atoms with E-state index in [1.807, 2.05) is 6.20 Å². The van der Waals surface area contributed by atoms with Crippen molar-refractivity contribution in [3.63, 3.8) is 0 Å². The zero-order valence-corrected chi connectivity index (χ0v) is 9.75. The van der Waals surface area contributed by atoms with Crippen LogP contribution in [0.3, 0.4) is 0 Å². The highest BCUT2D eigenvalue weighted by Crippen LogP contribution is 2.10. The summed E-state index contributed by atoms with van der Waals surface area (Å²) < 4.78 is 0. The van der Waals surface area contributed by atoms with Crippen LogP contribution in [0, 0.1) is 13.8 Å². The van der Waals surface area contributed by atoms with E-state index in [0.717, 1.165) is 18.9 Å². The maximum atomic E-state index is 4.17. The van der Waals surface area contributed by atoms with E-state index < -0.39 is 0 Å². The Morgan fingerprint density at radius 3 is 2.81 bits per heavy atom. The van der Waals surface area contributed by atoms with Crippen LogP contribution in [0.4, 0.5) is 0 Å². The molecule has 2 N–H and O–H groups in total. The smallest absolute Gasteiger partial charge is 0.120 e. The molecule has 0 atom stereocenters. The normalized spacial score (nSPS) is 10.6. The third kappa shape index (κ3) is 2.70. The molecule has 2 aromatic rings. The van der Waals surface area contributed by atoms with E-state index in [0.29, 0.717) is 0 Å². The first-order valence-corrected chi connectivity index (χ1v) is 5.51. The summed E-state index contributed by atoms with van der Waals surface area (Å²) >= 11 is 0. The molecule has 0 radical (unpaired) electrons. The summed E-state index contributed by atoms with van der Waals surface area (Å²) in [5.41, 5.74) is 4.00. The van der Waals surface area contributed by atoms with Gasteiger partial charge >= 0.3 is 0 Å². The fraction of sp³-hybridized carbons (Fsp3) is 0.308. The first-order valence-electron chi connectivity index (χ1n) is 5.51. The number of imidazole rings is 1. The second-order valence-corrected chi connectivity index (χ2v) is 4.07. The minimum atomic E-state index is 0.778. The monoisotopic (exact) mass is 215 g/mol. The highest BCUT2D eigenvalue weighted by molar-refractivity contribution is 5.30. The Labute approximate surface area is 95.9 Å². The molecular formula is C13H17N3. The lowest BCUT2D eigenvalue weighted by Crippen LogP contribution is -2.14. The van der Waals surface area contributed by atoms with Crippen LogP contribution >= 0.6 is 0 Å². The van der Waals surface area contributed by atoms with Gasteiger partial charge in [-0.05, 0) is 25.0 Å². The van der Waals surface area contributed by atoms with Crippen LogP contribution in [0.5, 0.6) is 0 Å². The summed E-state index contributed by atoms with van der Waals surface area (Å²) in [7, 11) is 0. The van der Waals surface area contributed by atoms with Crippen LogP contribution in [0.25, 0.3) is 0 Å². The number of hydrogen-bond acceptors (Lipinski definition) is 2. The number of aryl methyl sites for hydroxylation is 2. The lowest BCUT2D eigenvalue weighted by atomic mass is 10.1. The van der Waals surface area contributed by atoms with Crippen LogP contribution in [0.15, 0.2) is 30.6 Å². The van der Waals surface area contributed by atoms with Crippen molar-refractivity contribution in [3.8, 4) is 0 Å². The van der Waals surface area contributed by atoms with Gasteiger partial charge in [-0.25, -0.2) is 4.98 Å². The topological polar surface area (TPSA) is 40.7 Å². The molecule has 84 valence electrons. The van der Waals surface area contributed by atoms with Gasteiger partial charge in [-0.15, -0.1) is 0 Å². The van der Waals surface area contributed by atoms with Crippen molar-refractivity contribution < 1.29 is 0 Å². The molecule has 1 heterocycles. The molecule has 0 fully saturated rings. The molecule has 0 aliphatic rings. The zero-order chi connectivity index (χ0) is 11.4. The fourth-order valence-electron chi connectivity index (χ4n) is 1.75. The van der Waals surface area contributed by atoms with Gasteiger partial charge in [-0.2, -0.15) is 0 Å². The van der Waals surface area contributed by atoms with Gasteiger partial charge in [0.05, 0.1) is 6.54 Å². The highest BCUT2D eigenvalue weighted by atomic mass is 15.0. The lowest BCUT2D eigenvalue weighted by Gasteiger charge is -2.07. The molecule has 0 unspecified atom stereocenters. The summed E-state index contributed by atoms with van der Waals surface area (Å²) in [5.74, 6) is 0.977. The number of nitrogens with one attached hydrogen (secondary N) is 2. The van der Waals surface area contributed by atoms with Crippen molar-refractivity contribution in [2.45, 2.75) is 26.9 Å². The molecule has 3 nitrogen and oxygen atoms in total. The molecule has 0 amide bonds. The average molecular weight is 215 g/mol. The van der Waals surface area contributed by atoms with Crippen molar-refractivity contribution in [1.29, 1.82) is 0 Å². The number of H-pyrrole nitrogens is 1. The van der Waals surface area contributed by atoms with Crippen LogP contribution in [-0.2, 0) is 13.1 Å². The molecule has 2 rings (SSSR count). The quantitative estimate of drug-likeness (QED) is 0.821. The summed E-state index contributed by atoms with van der Waals surface area (Å²) in [6.07, 6.45) is 3.61. The van der Waals surface area contributed by atoms with Crippen molar-refractivity contribution >= 4 is 0 Å². The van der Waals surface area contributed by atoms with E-state index >= 15 is 0 Å². The lowest BCUT2D eigenvalue weighted by molar-refractivity contribution is 0.666. The molecule has 0 aliphatic heterocycles. The van der Waals surface area contributed by atoms with Crippen molar-refractivity contribution in [1.82, 2.24) is 15.3 Å². The second-order valence-electron chi connectivity index (χ2n) is 4.07. The highest BCUT2D eigenvalue weighted by Gasteiger charge is 1.99. The maximum absolute atomic E-state index is 4.17. The SMILES string of the molecule is Cc1ccc(CNCc2ncc[nH]2)c(C)c1. The van der Waals surface area contributed by atoms with E-state index in [-0.39, 0.29) is 0 Å². The molecule has 0 saturated heterocycles. The molecule has 0 aliphatic carbocycles. The molecular weight excluding hydrogens is 198 g/mol. The number of rotatable bonds is 4. The summed E-state index contributed by atoms with van der Waals surface area (Å²) in [4.78, 5) is 7.24. The number of hydrogen-bond donors (Lipinski definition) is 2. The van der Waals surface area contributed by atoms with Gasteiger partial charge < -0.3 is 10.3 Å². The van der Waals surface area contributed by atoms with Gasteiger partial charge in [0.25, 0.3) is 0 Å². The fourth-order valence-corrected chi connectivity index (χ4v) is 1.75. The van der Waals surface area contributed by atoms with Crippen molar-refractivity contribution in [3.05, 3.63) is 53.1 Å². The summed E-state index contributed by atoms with van der Waals surface area (Å²) in [5, 5.41) is 3.37. The number of nitrogens with zero attached hydrogens (tertiary/aromatic N) is 1. The Morgan fingerprint density at radius 2 is 2.12 bits per heavy atom. The molecule has 0 spiro atoms. The van der Waals surface area contributed by atoms with Crippen LogP contribution in [0.1, 0.15) is 22.5 Å². The van der Waals surface area contributed by atoms with E-state index in [1.54, 1.807) is 6.20 Å². The summed E-state index contributed by atoms with van der Waals surface area (Å²) in [6.45, 7) is 5.93. The van der Waals surface area contributed by atoms with Gasteiger partial charge in [0.1, 0.15) is 5.82 Å². The van der Waals surface area contributed by atoms with Crippen LogP contribution in [0.2, 0.25) is 0 Å². The minimum Gasteiger partial charge on any atom is -0.348 e. The average Bonchev–Trinajstić information content (AvgIpc) is 2.74. The third-order valence-electron chi connectivity index (χ3n) is 2.66. The Balaban J connectivity index is 1.90. The maximum Gasteiger partial charge on any atom is 0.120 e. The van der Waals surface area contributed by atoms with E-state index in [4.69, 9.17) is 0 Å².